The first-order chi connectivity index (χ1) is 16.8. The Balaban J connectivity index is 1.61. The van der Waals surface area contributed by atoms with Crippen molar-refractivity contribution in [3.63, 3.8) is 0 Å². The van der Waals surface area contributed by atoms with Gasteiger partial charge in [-0.3, -0.25) is 34.1 Å². The molecule has 182 valence electrons. The minimum Gasteiger partial charge on any atom is -0.466 e. The molecule has 0 bridgehead atoms. The number of H-pyrrole nitrogens is 2. The van der Waals surface area contributed by atoms with Crippen LogP contribution in [0.4, 0.5) is 11.5 Å². The summed E-state index contributed by atoms with van der Waals surface area (Å²) < 4.78 is 4.97. The normalized spacial score (nSPS) is 11.2. The third-order valence-electron chi connectivity index (χ3n) is 4.67. The lowest BCUT2D eigenvalue weighted by Crippen LogP contribution is -2.39. The van der Waals surface area contributed by atoms with Crippen molar-refractivity contribution in [3.05, 3.63) is 86.8 Å². The van der Waals surface area contributed by atoms with Gasteiger partial charge >= 0.3 is 11.7 Å². The van der Waals surface area contributed by atoms with Crippen LogP contribution in [0.1, 0.15) is 35.3 Å². The predicted octanol–water partition coefficient (Wildman–Crippen LogP) is 0.742. The smallest absolute Gasteiger partial charge is 0.327 e. The second-order valence-corrected chi connectivity index (χ2v) is 7.31. The lowest BCUT2D eigenvalue weighted by atomic mass is 10.1. The number of esters is 1. The number of anilines is 2. The molecule has 0 saturated carbocycles. The van der Waals surface area contributed by atoms with Crippen LogP contribution in [-0.2, 0) is 14.3 Å². The van der Waals surface area contributed by atoms with Gasteiger partial charge in [-0.2, -0.15) is 0 Å². The molecule has 35 heavy (non-hydrogen) atoms. The second-order valence-electron chi connectivity index (χ2n) is 7.31. The van der Waals surface area contributed by atoms with E-state index < -0.39 is 35.1 Å². The number of pyridine rings is 1. The zero-order chi connectivity index (χ0) is 25.2. The summed E-state index contributed by atoms with van der Waals surface area (Å²) in [5.41, 5.74) is 0.0488. The van der Waals surface area contributed by atoms with Gasteiger partial charge in [0.1, 0.15) is 5.82 Å². The van der Waals surface area contributed by atoms with Gasteiger partial charge < -0.3 is 20.7 Å². The number of aromatic nitrogens is 3. The molecule has 0 aliphatic carbocycles. The Bertz CT molecular complexity index is 1280. The molecule has 2 heterocycles. The zero-order valence-electron chi connectivity index (χ0n) is 18.8. The molecular formula is C23H24N6O6. The summed E-state index contributed by atoms with van der Waals surface area (Å²) in [6, 6.07) is 10.2. The maximum atomic E-state index is 12.6. The summed E-state index contributed by atoms with van der Waals surface area (Å²) in [4.78, 5) is 68.3. The molecule has 5 N–H and O–H groups in total. The quantitative estimate of drug-likeness (QED) is 0.264. The van der Waals surface area contributed by atoms with E-state index in [0.29, 0.717) is 11.3 Å². The molecule has 0 saturated heterocycles. The van der Waals surface area contributed by atoms with Crippen molar-refractivity contribution in [2.75, 3.05) is 18.5 Å². The number of aromatic amines is 2. The summed E-state index contributed by atoms with van der Waals surface area (Å²) in [6.45, 7) is 1.57. The number of nitrogens with zero attached hydrogens (tertiary/aromatic N) is 1. The molecule has 1 atom stereocenters. The number of amides is 2. The highest BCUT2D eigenvalue weighted by Crippen LogP contribution is 2.17. The van der Waals surface area contributed by atoms with Gasteiger partial charge in [-0.05, 0) is 36.8 Å². The van der Waals surface area contributed by atoms with Crippen molar-refractivity contribution in [1.82, 2.24) is 25.6 Å². The Labute approximate surface area is 199 Å². The highest BCUT2D eigenvalue weighted by molar-refractivity contribution is 5.97. The minimum atomic E-state index is -0.674. The highest BCUT2D eigenvalue weighted by Gasteiger charge is 2.20. The largest absolute Gasteiger partial charge is 0.466 e. The van der Waals surface area contributed by atoms with Gasteiger partial charge in [-0.25, -0.2) is 4.79 Å². The van der Waals surface area contributed by atoms with Crippen molar-refractivity contribution >= 4 is 29.3 Å². The standard InChI is InChI=1S/C23H24N6O6/c1-2-35-21(32)10-17(15-6-4-8-24-12-15)27-20(31)13-25-22(33)14-5-3-7-16(9-14)26-18-11-19(30)29-23(34)28-18/h3-9,11-12,17H,2,10,13H2,1H3,(H,25,33)(H,27,31)(H3,26,28,29,30,34). The van der Waals surface area contributed by atoms with Crippen molar-refractivity contribution < 1.29 is 19.1 Å². The molecule has 2 amide bonds. The lowest BCUT2D eigenvalue weighted by molar-refractivity contribution is -0.143. The van der Waals surface area contributed by atoms with E-state index in [1.54, 1.807) is 37.4 Å². The molecule has 3 rings (SSSR count). The van der Waals surface area contributed by atoms with Crippen LogP contribution in [-0.4, -0.2) is 45.9 Å². The molecule has 0 aliphatic rings. The van der Waals surface area contributed by atoms with Crippen molar-refractivity contribution in [1.29, 1.82) is 0 Å². The van der Waals surface area contributed by atoms with Gasteiger partial charge in [0.25, 0.3) is 11.5 Å². The maximum Gasteiger partial charge on any atom is 0.327 e. The van der Waals surface area contributed by atoms with Gasteiger partial charge in [0, 0.05) is 29.7 Å². The first-order valence-electron chi connectivity index (χ1n) is 10.7. The van der Waals surface area contributed by atoms with Gasteiger partial charge in [-0.1, -0.05) is 12.1 Å². The lowest BCUT2D eigenvalue weighted by Gasteiger charge is -2.18. The monoisotopic (exact) mass is 480 g/mol. The van der Waals surface area contributed by atoms with Crippen molar-refractivity contribution in [2.45, 2.75) is 19.4 Å². The fourth-order valence-electron chi connectivity index (χ4n) is 3.16. The van der Waals surface area contributed by atoms with E-state index in [1.165, 1.54) is 18.3 Å². The summed E-state index contributed by atoms with van der Waals surface area (Å²) in [6.07, 6.45) is 3.02. The van der Waals surface area contributed by atoms with Gasteiger partial charge in [0.2, 0.25) is 5.91 Å². The number of carbonyl (C=O) groups is 3. The number of rotatable bonds is 10. The Kier molecular flexibility index (Phi) is 8.48. The molecular weight excluding hydrogens is 456 g/mol. The van der Waals surface area contributed by atoms with E-state index in [4.69, 9.17) is 4.74 Å². The molecule has 0 radical (unpaired) electrons. The number of nitrogens with one attached hydrogen (secondary N) is 5. The van der Waals surface area contributed by atoms with E-state index in [1.807, 2.05) is 0 Å². The summed E-state index contributed by atoms with van der Waals surface area (Å²) in [5, 5.41) is 8.06. The van der Waals surface area contributed by atoms with Crippen LogP contribution in [0.3, 0.4) is 0 Å². The third kappa shape index (κ3) is 7.67. The number of carbonyl (C=O) groups excluding carboxylic acids is 3. The molecule has 0 aliphatic heterocycles. The van der Waals surface area contributed by atoms with Crippen molar-refractivity contribution in [3.8, 4) is 0 Å². The van der Waals surface area contributed by atoms with Crippen LogP contribution in [0.15, 0.2) is 64.4 Å². The van der Waals surface area contributed by atoms with E-state index >= 15 is 0 Å². The Morgan fingerprint density at radius 3 is 2.63 bits per heavy atom. The zero-order valence-corrected chi connectivity index (χ0v) is 18.8. The van der Waals surface area contributed by atoms with Crippen LogP contribution in [0.2, 0.25) is 0 Å². The number of benzene rings is 1. The average Bonchev–Trinajstić information content (AvgIpc) is 2.82. The minimum absolute atomic E-state index is 0.0860. The Morgan fingerprint density at radius 1 is 1.09 bits per heavy atom. The Hall–Kier alpha value is -4.74. The average molecular weight is 480 g/mol. The number of hydrogen-bond donors (Lipinski definition) is 5. The molecule has 1 aromatic carbocycles. The first kappa shape index (κ1) is 24.9. The van der Waals surface area contributed by atoms with Gasteiger partial charge in [0.15, 0.2) is 0 Å². The molecule has 0 fully saturated rings. The third-order valence-corrected chi connectivity index (χ3v) is 4.67. The van der Waals surface area contributed by atoms with Crippen molar-refractivity contribution in [2.24, 2.45) is 0 Å². The van der Waals surface area contributed by atoms with Crippen LogP contribution in [0.5, 0.6) is 0 Å². The fraction of sp³-hybridized carbons (Fsp3) is 0.217. The molecule has 0 spiro atoms. The SMILES string of the molecule is CCOC(=O)CC(NC(=O)CNC(=O)c1cccc(Nc2cc(=O)[nH]c(=O)[nH]2)c1)c1cccnc1. The summed E-state index contributed by atoms with van der Waals surface area (Å²) >= 11 is 0. The van der Waals surface area contributed by atoms with Crippen LogP contribution >= 0.6 is 0 Å². The van der Waals surface area contributed by atoms with Gasteiger partial charge in [-0.15, -0.1) is 0 Å². The van der Waals surface area contributed by atoms with E-state index in [9.17, 15) is 24.0 Å². The molecule has 12 heteroatoms. The van der Waals surface area contributed by atoms with E-state index in [-0.39, 0.29) is 31.0 Å². The summed E-state index contributed by atoms with van der Waals surface area (Å²) in [7, 11) is 0. The first-order valence-corrected chi connectivity index (χ1v) is 10.7. The van der Waals surface area contributed by atoms with E-state index in [0.717, 1.165) is 6.07 Å². The molecule has 2 aromatic heterocycles. The predicted molar refractivity (Wildman–Crippen MR) is 126 cm³/mol. The molecule has 1 unspecified atom stereocenters. The highest BCUT2D eigenvalue weighted by atomic mass is 16.5. The molecule has 12 nitrogen and oxygen atoms in total. The van der Waals surface area contributed by atoms with Crippen LogP contribution < -0.4 is 27.2 Å². The fourth-order valence-corrected chi connectivity index (χ4v) is 3.16. The summed E-state index contributed by atoms with van der Waals surface area (Å²) in [5.74, 6) is -1.35. The maximum absolute atomic E-state index is 12.6. The Morgan fingerprint density at radius 2 is 1.91 bits per heavy atom. The van der Waals surface area contributed by atoms with Crippen LogP contribution in [0, 0.1) is 0 Å². The van der Waals surface area contributed by atoms with E-state index in [2.05, 4.69) is 30.9 Å². The van der Waals surface area contributed by atoms with Crippen LogP contribution in [0.25, 0.3) is 0 Å². The number of hydrogen-bond acceptors (Lipinski definition) is 8. The van der Waals surface area contributed by atoms with Gasteiger partial charge in [0.05, 0.1) is 25.6 Å². The molecule has 3 aromatic rings. The number of ether oxygens (including phenoxy) is 1. The topological polar surface area (TPSA) is 175 Å². The second kappa shape index (κ2) is 11.9.